The first-order valence-electron chi connectivity index (χ1n) is 7.31. The van der Waals surface area contributed by atoms with Crippen molar-refractivity contribution in [3.05, 3.63) is 10.0 Å². The minimum atomic E-state index is -0.878. The molecule has 1 aromatic heterocycles. The monoisotopic (exact) mass is 330 g/mol. The van der Waals surface area contributed by atoms with E-state index in [0.717, 1.165) is 44.5 Å². The van der Waals surface area contributed by atoms with Crippen molar-refractivity contribution < 1.29 is 9.90 Å². The number of nitrogens with one attached hydrogen (secondary N) is 1. The van der Waals surface area contributed by atoms with Gasteiger partial charge in [0.2, 0.25) is 5.91 Å². The van der Waals surface area contributed by atoms with Crippen molar-refractivity contribution in [3.63, 3.8) is 0 Å². The van der Waals surface area contributed by atoms with Crippen LogP contribution in [0.2, 0.25) is 4.34 Å². The van der Waals surface area contributed by atoms with Crippen LogP contribution < -0.4 is 5.32 Å². The smallest absolute Gasteiger partial charge is 0.249 e. The molecule has 8 heteroatoms. The zero-order valence-corrected chi connectivity index (χ0v) is 13.2. The van der Waals surface area contributed by atoms with Gasteiger partial charge in [0.05, 0.1) is 0 Å². The van der Waals surface area contributed by atoms with Crippen LogP contribution in [-0.4, -0.2) is 50.7 Å². The van der Waals surface area contributed by atoms with E-state index in [2.05, 4.69) is 19.8 Å². The Labute approximate surface area is 132 Å². The lowest BCUT2D eigenvalue weighted by molar-refractivity contribution is -0.133. The van der Waals surface area contributed by atoms with Gasteiger partial charge in [0, 0.05) is 24.1 Å². The highest BCUT2D eigenvalue weighted by Gasteiger charge is 2.33. The third kappa shape index (κ3) is 3.91. The number of piperidine rings is 1. The molecule has 1 amide bonds. The summed E-state index contributed by atoms with van der Waals surface area (Å²) in [7, 11) is 0. The van der Waals surface area contributed by atoms with Gasteiger partial charge in [-0.2, -0.15) is 0 Å². The van der Waals surface area contributed by atoms with Crippen LogP contribution in [0.3, 0.4) is 0 Å². The quantitative estimate of drug-likeness (QED) is 0.843. The first-order valence-corrected chi connectivity index (χ1v) is 8.46. The van der Waals surface area contributed by atoms with Gasteiger partial charge >= 0.3 is 0 Å². The minimum absolute atomic E-state index is 0.0454. The number of carbonyl (C=O) groups is 1. The molecule has 116 valence electrons. The van der Waals surface area contributed by atoms with Crippen molar-refractivity contribution >= 4 is 29.0 Å². The van der Waals surface area contributed by atoms with Crippen LogP contribution in [-0.2, 0) is 11.3 Å². The summed E-state index contributed by atoms with van der Waals surface area (Å²) < 4.78 is 4.47. The van der Waals surface area contributed by atoms with Gasteiger partial charge in [-0.1, -0.05) is 16.1 Å². The summed E-state index contributed by atoms with van der Waals surface area (Å²) in [6, 6.07) is 0.298. The molecule has 2 aliphatic rings. The van der Waals surface area contributed by atoms with Gasteiger partial charge < -0.3 is 10.4 Å². The maximum Gasteiger partial charge on any atom is 0.249 e. The van der Waals surface area contributed by atoms with Crippen LogP contribution in [0.1, 0.15) is 31.4 Å². The number of hydrogen-bond donors (Lipinski definition) is 2. The summed E-state index contributed by atoms with van der Waals surface area (Å²) in [5.41, 5.74) is 0.812. The number of aliphatic hydroxyl groups excluding tert-OH is 1. The summed E-state index contributed by atoms with van der Waals surface area (Å²) in [5.74, 6) is -0.160. The number of hydrogen-bond acceptors (Lipinski definition) is 6. The lowest BCUT2D eigenvalue weighted by Gasteiger charge is -2.33. The molecule has 1 aromatic rings. The molecule has 0 radical (unpaired) electrons. The highest BCUT2D eigenvalue weighted by molar-refractivity contribution is 7.10. The van der Waals surface area contributed by atoms with Crippen molar-refractivity contribution in [1.29, 1.82) is 0 Å². The van der Waals surface area contributed by atoms with E-state index < -0.39 is 6.10 Å². The van der Waals surface area contributed by atoms with Crippen LogP contribution >= 0.6 is 23.1 Å². The molecule has 1 aliphatic heterocycles. The lowest BCUT2D eigenvalue weighted by Crippen LogP contribution is -2.45. The van der Waals surface area contributed by atoms with Gasteiger partial charge in [-0.25, -0.2) is 0 Å². The number of nitrogens with zero attached hydrogens (tertiary/aromatic N) is 3. The van der Waals surface area contributed by atoms with Crippen molar-refractivity contribution in [1.82, 2.24) is 19.8 Å². The summed E-state index contributed by atoms with van der Waals surface area (Å²) >= 11 is 7.21. The Morgan fingerprint density at radius 3 is 2.71 bits per heavy atom. The van der Waals surface area contributed by atoms with E-state index in [1.165, 1.54) is 11.5 Å². The summed E-state index contributed by atoms with van der Waals surface area (Å²) in [6.07, 6.45) is 2.83. The molecular formula is C13H19ClN4O2S. The van der Waals surface area contributed by atoms with Crippen LogP contribution in [0.4, 0.5) is 0 Å². The Balaban J connectivity index is 1.45. The van der Waals surface area contributed by atoms with Crippen LogP contribution in [0.25, 0.3) is 0 Å². The topological polar surface area (TPSA) is 78.4 Å². The van der Waals surface area contributed by atoms with E-state index in [9.17, 15) is 9.90 Å². The standard InChI is InChI=1S/C13H19ClN4O2S/c14-12-10(16-17-21-12)7-18-5-3-8(4-6-18)11(19)13(20)15-9-1-2-9/h8-9,11,19H,1-7H2,(H,15,20)/t11-/m0/s1. The van der Waals surface area contributed by atoms with E-state index in [1.807, 2.05) is 0 Å². The summed E-state index contributed by atoms with van der Waals surface area (Å²) in [4.78, 5) is 14.1. The molecule has 0 bridgehead atoms. The number of likely N-dealkylation sites (tertiary alicyclic amines) is 1. The van der Waals surface area contributed by atoms with Gasteiger partial charge in [-0.05, 0) is 44.7 Å². The zero-order chi connectivity index (χ0) is 14.8. The first kappa shape index (κ1) is 15.1. The first-order chi connectivity index (χ1) is 10.1. The van der Waals surface area contributed by atoms with Crippen LogP contribution in [0, 0.1) is 5.92 Å². The molecule has 6 nitrogen and oxygen atoms in total. The molecular weight excluding hydrogens is 312 g/mol. The predicted molar refractivity (Wildman–Crippen MR) is 80.1 cm³/mol. The molecule has 0 aromatic carbocycles. The van der Waals surface area contributed by atoms with Gasteiger partial charge in [0.25, 0.3) is 0 Å². The van der Waals surface area contributed by atoms with Gasteiger partial charge in [-0.3, -0.25) is 9.69 Å². The molecule has 0 unspecified atom stereocenters. The maximum atomic E-state index is 11.9. The fourth-order valence-corrected chi connectivity index (χ4v) is 3.27. The molecule has 1 saturated heterocycles. The highest BCUT2D eigenvalue weighted by atomic mass is 35.5. The van der Waals surface area contributed by atoms with Gasteiger partial charge in [0.1, 0.15) is 16.1 Å². The largest absolute Gasteiger partial charge is 0.383 e. The second-order valence-corrected chi connectivity index (χ2v) is 7.19. The Bertz CT molecular complexity index is 500. The molecule has 1 atom stereocenters. The number of aromatic nitrogens is 2. The van der Waals surface area contributed by atoms with E-state index in [-0.39, 0.29) is 11.8 Å². The molecule has 1 aliphatic carbocycles. The SMILES string of the molecule is O=C(NC1CC1)[C@@H](O)C1CCN(Cc2nnsc2Cl)CC1. The lowest BCUT2D eigenvalue weighted by atomic mass is 9.90. The molecule has 2 heterocycles. The number of amides is 1. The van der Waals surface area contributed by atoms with Crippen molar-refractivity contribution in [2.75, 3.05) is 13.1 Å². The molecule has 3 rings (SSSR count). The van der Waals surface area contributed by atoms with E-state index in [1.54, 1.807) is 0 Å². The Morgan fingerprint density at radius 2 is 2.14 bits per heavy atom. The van der Waals surface area contributed by atoms with Gasteiger partial charge in [0.15, 0.2) is 0 Å². The van der Waals surface area contributed by atoms with E-state index in [4.69, 9.17) is 11.6 Å². The summed E-state index contributed by atoms with van der Waals surface area (Å²) in [5, 5.41) is 17.0. The second-order valence-electron chi connectivity index (χ2n) is 5.83. The van der Waals surface area contributed by atoms with Crippen LogP contribution in [0.5, 0.6) is 0 Å². The van der Waals surface area contributed by atoms with E-state index >= 15 is 0 Å². The molecule has 21 heavy (non-hydrogen) atoms. The molecule has 2 N–H and O–H groups in total. The second kappa shape index (κ2) is 6.56. The average molecular weight is 331 g/mol. The van der Waals surface area contributed by atoms with Crippen molar-refractivity contribution in [3.8, 4) is 0 Å². The summed E-state index contributed by atoms with van der Waals surface area (Å²) in [6.45, 7) is 2.37. The zero-order valence-electron chi connectivity index (χ0n) is 11.7. The number of aliphatic hydroxyl groups is 1. The fraction of sp³-hybridized carbons (Fsp3) is 0.769. The number of carbonyl (C=O) groups excluding carboxylic acids is 1. The third-order valence-electron chi connectivity index (χ3n) is 4.15. The molecule has 1 saturated carbocycles. The Hall–Kier alpha value is -0.760. The molecule has 2 fully saturated rings. The normalized spacial score (nSPS) is 22.2. The third-order valence-corrected chi connectivity index (χ3v) is 5.14. The van der Waals surface area contributed by atoms with E-state index in [0.29, 0.717) is 16.9 Å². The van der Waals surface area contributed by atoms with Crippen molar-refractivity contribution in [2.24, 2.45) is 5.92 Å². The minimum Gasteiger partial charge on any atom is -0.383 e. The van der Waals surface area contributed by atoms with Crippen molar-refractivity contribution in [2.45, 2.75) is 44.4 Å². The van der Waals surface area contributed by atoms with Gasteiger partial charge in [-0.15, -0.1) is 5.10 Å². The number of rotatable bonds is 5. The fourth-order valence-electron chi connectivity index (χ4n) is 2.66. The predicted octanol–water partition coefficient (Wildman–Crippen LogP) is 1.04. The Morgan fingerprint density at radius 1 is 1.43 bits per heavy atom. The highest BCUT2D eigenvalue weighted by Crippen LogP contribution is 2.25. The number of halogens is 1. The maximum absolute atomic E-state index is 11.9. The Kier molecular flexibility index (Phi) is 4.73. The van der Waals surface area contributed by atoms with Crippen LogP contribution in [0.15, 0.2) is 0 Å². The molecule has 0 spiro atoms. The average Bonchev–Trinajstić information content (AvgIpc) is 3.21.